The van der Waals surface area contributed by atoms with Crippen LogP contribution < -0.4 is 14.8 Å². The number of carbonyl (C=O) groups excluding carboxylic acids is 1. The summed E-state index contributed by atoms with van der Waals surface area (Å²) in [4.78, 5) is 25.4. The van der Waals surface area contributed by atoms with Crippen LogP contribution in [0.5, 0.6) is 11.5 Å². The van der Waals surface area contributed by atoms with E-state index in [4.69, 9.17) is 9.47 Å². The smallest absolute Gasteiger partial charge is 0.286 e. The number of likely N-dealkylation sites (tertiary alicyclic amines) is 1. The van der Waals surface area contributed by atoms with Gasteiger partial charge in [0.2, 0.25) is 0 Å². The summed E-state index contributed by atoms with van der Waals surface area (Å²) in [5, 5.41) is 14.7. The molecule has 2 fully saturated rings. The summed E-state index contributed by atoms with van der Waals surface area (Å²) in [5.74, 6) is 0.216. The second-order valence-electron chi connectivity index (χ2n) is 6.38. The number of nitrogens with zero attached hydrogens (tertiary/aromatic N) is 2. The molecule has 2 saturated heterocycles. The Morgan fingerprint density at radius 3 is 2.52 bits per heavy atom. The Morgan fingerprint density at radius 1 is 1.28 bits per heavy atom. The molecule has 9 heteroatoms. The summed E-state index contributed by atoms with van der Waals surface area (Å²) in [5.41, 5.74) is -0.107. The number of nitro groups is 1. The first-order chi connectivity index (χ1) is 11.5. The van der Waals surface area contributed by atoms with Gasteiger partial charge in [0, 0.05) is 31.1 Å². The molecule has 2 heterocycles. The van der Waals surface area contributed by atoms with E-state index in [1.807, 2.05) is 0 Å². The lowest BCUT2D eigenvalue weighted by Crippen LogP contribution is -2.33. The number of carbonyl (C=O) groups is 1. The molecule has 2 aliphatic rings. The molecule has 0 bridgehead atoms. The zero-order valence-electron chi connectivity index (χ0n) is 14.2. The van der Waals surface area contributed by atoms with Crippen LogP contribution in [0.1, 0.15) is 23.2 Å². The number of hydrogen-bond donors (Lipinski definition) is 1. The number of benzene rings is 1. The zero-order valence-corrected chi connectivity index (χ0v) is 15.1. The number of ether oxygens (including phenoxy) is 2. The normalized spacial score (nSPS) is 21.9. The summed E-state index contributed by atoms with van der Waals surface area (Å²) in [6.45, 7) is 3.10. The highest BCUT2D eigenvalue weighted by molar-refractivity contribution is 5.99. The van der Waals surface area contributed by atoms with E-state index in [-0.39, 0.29) is 40.7 Å². The van der Waals surface area contributed by atoms with Crippen molar-refractivity contribution in [2.75, 3.05) is 40.4 Å². The molecule has 3 rings (SSSR count). The number of amides is 1. The molecule has 1 spiro atoms. The lowest BCUT2D eigenvalue weighted by molar-refractivity contribution is -0.385. The minimum atomic E-state index is -0.557. The standard InChI is InChI=1S/C16H21N3O5.ClH/c1-23-13-7-11(12(19(21)22)8-14(13)24-2)15(20)18-6-4-16(10-18)3-5-17-9-16;/h7-8,17H,3-6,9-10H2,1-2H3;1H. The Hall–Kier alpha value is -2.06. The van der Waals surface area contributed by atoms with Crippen molar-refractivity contribution in [2.45, 2.75) is 12.8 Å². The van der Waals surface area contributed by atoms with Crippen LogP contribution in [0, 0.1) is 15.5 Å². The predicted molar refractivity (Wildman–Crippen MR) is 93.9 cm³/mol. The summed E-state index contributed by atoms with van der Waals surface area (Å²) in [6, 6.07) is 2.65. The highest BCUT2D eigenvalue weighted by Gasteiger charge is 2.43. The third-order valence-electron chi connectivity index (χ3n) is 4.99. The number of nitrogens with one attached hydrogen (secondary N) is 1. The maximum Gasteiger partial charge on any atom is 0.286 e. The van der Waals surface area contributed by atoms with Gasteiger partial charge in [0.15, 0.2) is 11.5 Å². The highest BCUT2D eigenvalue weighted by atomic mass is 35.5. The van der Waals surface area contributed by atoms with Crippen LogP contribution in [0.3, 0.4) is 0 Å². The Kier molecular flexibility index (Phi) is 5.74. The predicted octanol–water partition coefficient (Wildman–Crippen LogP) is 1.86. The summed E-state index contributed by atoms with van der Waals surface area (Å²) < 4.78 is 10.3. The molecule has 0 radical (unpaired) electrons. The van der Waals surface area contributed by atoms with Gasteiger partial charge >= 0.3 is 0 Å². The molecule has 1 aromatic rings. The van der Waals surface area contributed by atoms with Crippen LogP contribution in [-0.4, -0.2) is 56.1 Å². The van der Waals surface area contributed by atoms with E-state index in [9.17, 15) is 14.9 Å². The molecule has 138 valence electrons. The lowest BCUT2D eigenvalue weighted by Gasteiger charge is -2.23. The SMILES string of the molecule is COc1cc(C(=O)N2CCC3(CCNC3)C2)c([N+](=O)[O-])cc1OC.Cl. The van der Waals surface area contributed by atoms with Crippen LogP contribution >= 0.6 is 12.4 Å². The molecule has 1 amide bonds. The van der Waals surface area contributed by atoms with Crippen LogP contribution in [0.25, 0.3) is 0 Å². The molecular formula is C16H22ClN3O5. The summed E-state index contributed by atoms with van der Waals surface area (Å²) in [7, 11) is 2.84. The van der Waals surface area contributed by atoms with Crippen molar-refractivity contribution >= 4 is 24.0 Å². The quantitative estimate of drug-likeness (QED) is 0.641. The van der Waals surface area contributed by atoms with Gasteiger partial charge in [-0.1, -0.05) is 0 Å². The van der Waals surface area contributed by atoms with E-state index in [2.05, 4.69) is 5.32 Å². The van der Waals surface area contributed by atoms with Crippen molar-refractivity contribution in [3.05, 3.63) is 27.8 Å². The zero-order chi connectivity index (χ0) is 17.3. The van der Waals surface area contributed by atoms with E-state index < -0.39 is 4.92 Å². The van der Waals surface area contributed by atoms with Crippen molar-refractivity contribution < 1.29 is 19.2 Å². The molecule has 1 aromatic carbocycles. The number of hydrogen-bond acceptors (Lipinski definition) is 6. The number of halogens is 1. The third-order valence-corrected chi connectivity index (χ3v) is 4.99. The third kappa shape index (κ3) is 3.50. The van der Waals surface area contributed by atoms with E-state index in [0.29, 0.717) is 18.8 Å². The van der Waals surface area contributed by atoms with E-state index in [1.165, 1.54) is 26.4 Å². The first-order valence-corrected chi connectivity index (χ1v) is 7.90. The minimum Gasteiger partial charge on any atom is -0.493 e. The summed E-state index contributed by atoms with van der Waals surface area (Å²) in [6.07, 6.45) is 1.96. The van der Waals surface area contributed by atoms with Crippen molar-refractivity contribution in [1.82, 2.24) is 10.2 Å². The van der Waals surface area contributed by atoms with Gasteiger partial charge in [-0.25, -0.2) is 0 Å². The fourth-order valence-electron chi connectivity index (χ4n) is 3.61. The van der Waals surface area contributed by atoms with Crippen molar-refractivity contribution in [1.29, 1.82) is 0 Å². The monoisotopic (exact) mass is 371 g/mol. The molecule has 2 aliphatic heterocycles. The molecule has 0 saturated carbocycles. The second-order valence-corrected chi connectivity index (χ2v) is 6.38. The van der Waals surface area contributed by atoms with E-state index in [0.717, 1.165) is 25.9 Å². The van der Waals surface area contributed by atoms with Crippen LogP contribution in [-0.2, 0) is 0 Å². The molecule has 0 aromatic heterocycles. The highest BCUT2D eigenvalue weighted by Crippen LogP contribution is 2.39. The average molecular weight is 372 g/mol. The first kappa shape index (κ1) is 19.3. The molecular weight excluding hydrogens is 350 g/mol. The van der Waals surface area contributed by atoms with E-state index >= 15 is 0 Å². The van der Waals surface area contributed by atoms with Gasteiger partial charge in [0.1, 0.15) is 5.56 Å². The molecule has 25 heavy (non-hydrogen) atoms. The fraction of sp³-hybridized carbons (Fsp3) is 0.562. The van der Waals surface area contributed by atoms with Gasteiger partial charge in [0.25, 0.3) is 11.6 Å². The Morgan fingerprint density at radius 2 is 1.96 bits per heavy atom. The van der Waals surface area contributed by atoms with Crippen molar-refractivity contribution in [2.24, 2.45) is 5.41 Å². The van der Waals surface area contributed by atoms with Gasteiger partial charge < -0.3 is 19.7 Å². The van der Waals surface area contributed by atoms with Gasteiger partial charge in [-0.3, -0.25) is 14.9 Å². The van der Waals surface area contributed by atoms with Crippen LogP contribution in [0.15, 0.2) is 12.1 Å². The maximum absolute atomic E-state index is 12.9. The number of rotatable bonds is 4. The molecule has 0 aliphatic carbocycles. The number of methoxy groups -OCH3 is 2. The average Bonchev–Trinajstić information content (AvgIpc) is 3.23. The Balaban J connectivity index is 0.00000225. The van der Waals surface area contributed by atoms with Gasteiger partial charge in [0.05, 0.1) is 25.2 Å². The van der Waals surface area contributed by atoms with Gasteiger partial charge in [-0.05, 0) is 19.4 Å². The van der Waals surface area contributed by atoms with E-state index in [1.54, 1.807) is 4.90 Å². The molecule has 1 atom stereocenters. The largest absolute Gasteiger partial charge is 0.493 e. The van der Waals surface area contributed by atoms with Crippen molar-refractivity contribution in [3.8, 4) is 11.5 Å². The minimum absolute atomic E-state index is 0. The number of nitro benzene ring substituents is 1. The second kappa shape index (κ2) is 7.45. The Bertz CT molecular complexity index is 676. The summed E-state index contributed by atoms with van der Waals surface area (Å²) >= 11 is 0. The van der Waals surface area contributed by atoms with Crippen LogP contribution in [0.2, 0.25) is 0 Å². The molecule has 1 unspecified atom stereocenters. The lowest BCUT2D eigenvalue weighted by atomic mass is 9.86. The topological polar surface area (TPSA) is 93.9 Å². The Labute approximate surface area is 152 Å². The molecule has 1 N–H and O–H groups in total. The fourth-order valence-corrected chi connectivity index (χ4v) is 3.61. The maximum atomic E-state index is 12.9. The van der Waals surface area contributed by atoms with Crippen LogP contribution in [0.4, 0.5) is 5.69 Å². The van der Waals surface area contributed by atoms with Gasteiger partial charge in [-0.2, -0.15) is 0 Å². The molecule has 8 nitrogen and oxygen atoms in total. The van der Waals surface area contributed by atoms with Gasteiger partial charge in [-0.15, -0.1) is 12.4 Å². The first-order valence-electron chi connectivity index (χ1n) is 7.90. The van der Waals surface area contributed by atoms with Crippen molar-refractivity contribution in [3.63, 3.8) is 0 Å².